The molecule has 35 heavy (non-hydrogen) atoms. The van der Waals surface area contributed by atoms with Gasteiger partial charge in [0.2, 0.25) is 5.91 Å². The van der Waals surface area contributed by atoms with Crippen LogP contribution in [0.3, 0.4) is 0 Å². The molecule has 0 radical (unpaired) electrons. The van der Waals surface area contributed by atoms with E-state index in [9.17, 15) is 19.5 Å². The van der Waals surface area contributed by atoms with Crippen LogP contribution in [0.5, 0.6) is 0 Å². The molecule has 0 saturated carbocycles. The van der Waals surface area contributed by atoms with Crippen molar-refractivity contribution in [3.8, 4) is 11.1 Å². The summed E-state index contributed by atoms with van der Waals surface area (Å²) in [5.74, 6) is -1.97. The molecule has 7 nitrogen and oxygen atoms in total. The number of carboxylic acids is 1. The lowest BCUT2D eigenvalue weighted by Gasteiger charge is -2.21. The molecule has 1 aliphatic carbocycles. The zero-order valence-electron chi connectivity index (χ0n) is 19.0. The van der Waals surface area contributed by atoms with E-state index in [1.807, 2.05) is 48.5 Å². The predicted octanol–water partition coefficient (Wildman–Crippen LogP) is 4.41. The maximum Gasteiger partial charge on any atom is 0.407 e. The van der Waals surface area contributed by atoms with Gasteiger partial charge in [0, 0.05) is 5.92 Å². The van der Waals surface area contributed by atoms with Gasteiger partial charge in [-0.1, -0.05) is 84.9 Å². The van der Waals surface area contributed by atoms with E-state index < -0.39 is 30.1 Å². The molecule has 1 aliphatic rings. The van der Waals surface area contributed by atoms with Gasteiger partial charge < -0.3 is 20.5 Å². The molecular formula is C28H26N2O5. The van der Waals surface area contributed by atoms with Crippen molar-refractivity contribution in [3.05, 3.63) is 108 Å². The number of rotatable bonds is 9. The van der Waals surface area contributed by atoms with Crippen LogP contribution in [-0.4, -0.2) is 35.7 Å². The molecule has 0 aromatic heterocycles. The third kappa shape index (κ3) is 5.24. The highest BCUT2D eigenvalue weighted by molar-refractivity contribution is 5.90. The van der Waals surface area contributed by atoms with E-state index in [1.54, 1.807) is 30.3 Å². The Kier molecular flexibility index (Phi) is 7.26. The van der Waals surface area contributed by atoms with E-state index in [2.05, 4.69) is 17.2 Å². The molecule has 0 bridgehead atoms. The number of nitrogens with one attached hydrogen (secondary N) is 2. The zero-order valence-corrected chi connectivity index (χ0v) is 19.0. The molecule has 2 unspecified atom stereocenters. The monoisotopic (exact) mass is 470 g/mol. The summed E-state index contributed by atoms with van der Waals surface area (Å²) in [6, 6.07) is 22.1. The molecule has 7 heteroatoms. The molecule has 0 spiro atoms. The number of carbonyl (C=O) groups is 3. The Labute approximate surface area is 203 Å². The smallest absolute Gasteiger partial charge is 0.407 e. The average Bonchev–Trinajstić information content (AvgIpc) is 3.19. The van der Waals surface area contributed by atoms with Gasteiger partial charge in [-0.2, -0.15) is 0 Å². The van der Waals surface area contributed by atoms with E-state index in [-0.39, 0.29) is 18.9 Å². The van der Waals surface area contributed by atoms with Gasteiger partial charge in [-0.3, -0.25) is 4.79 Å². The summed E-state index contributed by atoms with van der Waals surface area (Å²) in [6.45, 7) is 3.73. The molecule has 0 heterocycles. The van der Waals surface area contributed by atoms with E-state index in [4.69, 9.17) is 4.74 Å². The normalized spacial score (nSPS) is 13.6. The topological polar surface area (TPSA) is 105 Å². The van der Waals surface area contributed by atoms with Crippen molar-refractivity contribution < 1.29 is 24.2 Å². The number of hydrogen-bond donors (Lipinski definition) is 3. The number of aliphatic carboxylic acids is 1. The third-order valence-electron chi connectivity index (χ3n) is 6.02. The van der Waals surface area contributed by atoms with Gasteiger partial charge in [-0.15, -0.1) is 6.58 Å². The number of benzene rings is 3. The largest absolute Gasteiger partial charge is 0.479 e. The molecule has 178 valence electrons. The lowest BCUT2D eigenvalue weighted by Crippen LogP contribution is -2.48. The second-order valence-corrected chi connectivity index (χ2v) is 8.24. The minimum Gasteiger partial charge on any atom is -0.479 e. The Morgan fingerprint density at radius 3 is 2.03 bits per heavy atom. The van der Waals surface area contributed by atoms with Gasteiger partial charge in [0.1, 0.15) is 12.6 Å². The summed E-state index contributed by atoms with van der Waals surface area (Å²) in [7, 11) is 0. The highest BCUT2D eigenvalue weighted by atomic mass is 16.5. The number of hydrogen-bond acceptors (Lipinski definition) is 4. The van der Waals surface area contributed by atoms with Crippen LogP contribution < -0.4 is 10.6 Å². The summed E-state index contributed by atoms with van der Waals surface area (Å²) in [4.78, 5) is 37.2. The first kappa shape index (κ1) is 23.8. The van der Waals surface area contributed by atoms with Gasteiger partial charge in [0.05, 0.1) is 0 Å². The van der Waals surface area contributed by atoms with Crippen LogP contribution in [0.25, 0.3) is 11.1 Å². The molecule has 3 aromatic carbocycles. The van der Waals surface area contributed by atoms with Crippen LogP contribution in [0.2, 0.25) is 0 Å². The van der Waals surface area contributed by atoms with Crippen molar-refractivity contribution in [2.75, 3.05) is 6.61 Å². The Balaban J connectivity index is 1.42. The fourth-order valence-electron chi connectivity index (χ4n) is 4.36. The third-order valence-corrected chi connectivity index (χ3v) is 6.02. The fourth-order valence-corrected chi connectivity index (χ4v) is 4.36. The average molecular weight is 471 g/mol. The van der Waals surface area contributed by atoms with E-state index >= 15 is 0 Å². The summed E-state index contributed by atoms with van der Waals surface area (Å²) < 4.78 is 5.52. The van der Waals surface area contributed by atoms with Crippen LogP contribution in [0.15, 0.2) is 91.5 Å². The standard InChI is InChI=1S/C28H26N2O5/c1-2-10-24(26(31)30-25(27(32)33)18-11-4-3-5-12-18)29-28(34)35-17-23-21-15-8-6-13-19(21)20-14-7-9-16-22(20)23/h2-9,11-16,23-25H,1,10,17H2,(H,29,34)(H,30,31)(H,32,33). The highest BCUT2D eigenvalue weighted by Gasteiger charge is 2.30. The minimum absolute atomic E-state index is 0.101. The molecule has 0 aliphatic heterocycles. The number of carbonyl (C=O) groups excluding carboxylic acids is 2. The first-order chi connectivity index (χ1) is 17.0. The van der Waals surface area contributed by atoms with Gasteiger partial charge in [0.25, 0.3) is 0 Å². The fraction of sp³-hybridized carbons (Fsp3) is 0.179. The van der Waals surface area contributed by atoms with Crippen molar-refractivity contribution in [2.45, 2.75) is 24.4 Å². The van der Waals surface area contributed by atoms with Crippen LogP contribution in [-0.2, 0) is 14.3 Å². The summed E-state index contributed by atoms with van der Waals surface area (Å²) in [5, 5.41) is 14.6. The predicted molar refractivity (Wildman–Crippen MR) is 132 cm³/mol. The lowest BCUT2D eigenvalue weighted by atomic mass is 9.98. The Bertz CT molecular complexity index is 1200. The zero-order chi connectivity index (χ0) is 24.8. The van der Waals surface area contributed by atoms with Crippen molar-refractivity contribution in [1.82, 2.24) is 10.6 Å². The lowest BCUT2D eigenvalue weighted by molar-refractivity contribution is -0.142. The molecule has 0 saturated heterocycles. The molecule has 4 rings (SSSR count). The Morgan fingerprint density at radius 2 is 1.46 bits per heavy atom. The Hall–Kier alpha value is -4.39. The van der Waals surface area contributed by atoms with E-state index in [0.717, 1.165) is 22.3 Å². The molecule has 2 atom stereocenters. The van der Waals surface area contributed by atoms with Crippen LogP contribution >= 0.6 is 0 Å². The Morgan fingerprint density at radius 1 is 0.886 bits per heavy atom. The van der Waals surface area contributed by atoms with Crippen molar-refractivity contribution in [1.29, 1.82) is 0 Å². The van der Waals surface area contributed by atoms with E-state index in [0.29, 0.717) is 5.56 Å². The van der Waals surface area contributed by atoms with Crippen molar-refractivity contribution >= 4 is 18.0 Å². The maximum absolute atomic E-state index is 12.9. The summed E-state index contributed by atoms with van der Waals surface area (Å²) >= 11 is 0. The minimum atomic E-state index is -1.25. The summed E-state index contributed by atoms with van der Waals surface area (Å²) in [5.41, 5.74) is 4.80. The second-order valence-electron chi connectivity index (χ2n) is 8.24. The SMILES string of the molecule is C=CCC(NC(=O)OCC1c2ccccc2-c2ccccc21)C(=O)NC(C(=O)O)c1ccccc1. The second kappa shape index (κ2) is 10.7. The number of amides is 2. The number of fused-ring (bicyclic) bond motifs is 3. The molecular weight excluding hydrogens is 444 g/mol. The summed E-state index contributed by atoms with van der Waals surface area (Å²) in [6.07, 6.45) is 0.823. The maximum atomic E-state index is 12.9. The molecule has 2 amide bonds. The number of carboxylic acid groups (broad SMARTS) is 1. The first-order valence-electron chi connectivity index (χ1n) is 11.3. The van der Waals surface area contributed by atoms with Gasteiger partial charge in [-0.05, 0) is 34.2 Å². The number of ether oxygens (including phenoxy) is 1. The number of alkyl carbamates (subject to hydrolysis) is 1. The quantitative estimate of drug-likeness (QED) is 0.402. The van der Waals surface area contributed by atoms with Gasteiger partial charge in [0.15, 0.2) is 6.04 Å². The highest BCUT2D eigenvalue weighted by Crippen LogP contribution is 2.44. The van der Waals surface area contributed by atoms with Crippen molar-refractivity contribution in [2.24, 2.45) is 0 Å². The first-order valence-corrected chi connectivity index (χ1v) is 11.3. The van der Waals surface area contributed by atoms with Gasteiger partial charge in [-0.25, -0.2) is 9.59 Å². The van der Waals surface area contributed by atoms with Crippen LogP contribution in [0, 0.1) is 0 Å². The molecule has 3 aromatic rings. The molecule has 0 fully saturated rings. The van der Waals surface area contributed by atoms with Crippen LogP contribution in [0.1, 0.15) is 35.1 Å². The van der Waals surface area contributed by atoms with E-state index in [1.165, 1.54) is 6.08 Å². The molecule has 3 N–H and O–H groups in total. The van der Waals surface area contributed by atoms with Crippen LogP contribution in [0.4, 0.5) is 4.79 Å². The van der Waals surface area contributed by atoms with Gasteiger partial charge >= 0.3 is 12.1 Å². The van der Waals surface area contributed by atoms with Crippen molar-refractivity contribution in [3.63, 3.8) is 0 Å².